The van der Waals surface area contributed by atoms with Crippen LogP contribution in [0.25, 0.3) is 0 Å². The van der Waals surface area contributed by atoms with Crippen molar-refractivity contribution >= 4 is 5.91 Å². The summed E-state index contributed by atoms with van der Waals surface area (Å²) in [7, 11) is 0. The molecule has 0 bridgehead atoms. The first kappa shape index (κ1) is 13.7. The molecule has 0 spiro atoms. The monoisotopic (exact) mass is 207 g/mol. The smallest absolute Gasteiger partial charge is 0.227 e. The van der Waals surface area contributed by atoms with E-state index in [4.69, 9.17) is 0 Å². The van der Waals surface area contributed by atoms with Crippen molar-refractivity contribution in [2.75, 3.05) is 0 Å². The molecule has 0 aliphatic carbocycles. The van der Waals surface area contributed by atoms with Crippen LogP contribution in [-0.2, 0) is 4.79 Å². The van der Waals surface area contributed by atoms with E-state index in [1.54, 1.807) is 12.2 Å². The van der Waals surface area contributed by atoms with Gasteiger partial charge in [-0.1, -0.05) is 39.0 Å². The van der Waals surface area contributed by atoms with Crippen LogP contribution in [-0.4, -0.2) is 5.91 Å². The van der Waals surface area contributed by atoms with Crippen molar-refractivity contribution in [3.63, 3.8) is 0 Å². The van der Waals surface area contributed by atoms with E-state index >= 15 is 0 Å². The molecule has 1 atom stereocenters. The Morgan fingerprint density at radius 1 is 1.53 bits per heavy atom. The summed E-state index contributed by atoms with van der Waals surface area (Å²) >= 11 is 0. The maximum atomic E-state index is 11.7. The highest BCUT2D eigenvalue weighted by atomic mass is 16.1. The SMILES string of the molecule is C=C/C=C(\C=C/C)NC(=O)C(C)CCC. The van der Waals surface area contributed by atoms with Crippen LogP contribution in [0.5, 0.6) is 0 Å². The number of amides is 1. The van der Waals surface area contributed by atoms with E-state index in [1.165, 1.54) is 0 Å². The van der Waals surface area contributed by atoms with Crippen molar-refractivity contribution in [3.8, 4) is 0 Å². The molecular formula is C13H21NO. The quantitative estimate of drug-likeness (QED) is 0.666. The third-order valence-corrected chi connectivity index (χ3v) is 2.08. The van der Waals surface area contributed by atoms with Crippen LogP contribution < -0.4 is 5.32 Å². The highest BCUT2D eigenvalue weighted by molar-refractivity contribution is 5.80. The second-order valence-corrected chi connectivity index (χ2v) is 3.54. The first-order valence-electron chi connectivity index (χ1n) is 5.42. The minimum atomic E-state index is 0.0634. The Hall–Kier alpha value is -1.31. The second kappa shape index (κ2) is 8.04. The van der Waals surface area contributed by atoms with Gasteiger partial charge in [0.1, 0.15) is 0 Å². The molecule has 0 radical (unpaired) electrons. The molecular weight excluding hydrogens is 186 g/mol. The molecule has 2 nitrogen and oxygen atoms in total. The van der Waals surface area contributed by atoms with E-state index in [-0.39, 0.29) is 11.8 Å². The maximum Gasteiger partial charge on any atom is 0.227 e. The lowest BCUT2D eigenvalue weighted by Gasteiger charge is -2.11. The van der Waals surface area contributed by atoms with Gasteiger partial charge in [-0.05, 0) is 25.5 Å². The first-order valence-corrected chi connectivity index (χ1v) is 5.42. The fourth-order valence-corrected chi connectivity index (χ4v) is 1.27. The predicted molar refractivity (Wildman–Crippen MR) is 65.3 cm³/mol. The van der Waals surface area contributed by atoms with Gasteiger partial charge in [-0.3, -0.25) is 4.79 Å². The van der Waals surface area contributed by atoms with Crippen LogP contribution in [0.1, 0.15) is 33.6 Å². The Labute approximate surface area is 92.8 Å². The highest BCUT2D eigenvalue weighted by Gasteiger charge is 2.11. The fourth-order valence-electron chi connectivity index (χ4n) is 1.27. The minimum absolute atomic E-state index is 0.0634. The molecule has 0 saturated carbocycles. The third-order valence-electron chi connectivity index (χ3n) is 2.08. The Morgan fingerprint density at radius 3 is 2.67 bits per heavy atom. The third kappa shape index (κ3) is 5.89. The summed E-state index contributed by atoms with van der Waals surface area (Å²) < 4.78 is 0. The van der Waals surface area contributed by atoms with Crippen LogP contribution in [0.2, 0.25) is 0 Å². The van der Waals surface area contributed by atoms with Crippen molar-refractivity contribution < 1.29 is 4.79 Å². The molecule has 1 amide bonds. The van der Waals surface area contributed by atoms with Crippen molar-refractivity contribution in [1.29, 1.82) is 0 Å². The topological polar surface area (TPSA) is 29.1 Å². The van der Waals surface area contributed by atoms with E-state index in [1.807, 2.05) is 26.0 Å². The van der Waals surface area contributed by atoms with E-state index in [9.17, 15) is 4.79 Å². The molecule has 0 aliphatic rings. The summed E-state index contributed by atoms with van der Waals surface area (Å²) in [6, 6.07) is 0. The Balaban J connectivity index is 4.35. The number of hydrogen-bond acceptors (Lipinski definition) is 1. The van der Waals surface area contributed by atoms with Gasteiger partial charge in [0, 0.05) is 11.6 Å². The zero-order chi connectivity index (χ0) is 11.7. The molecule has 0 aromatic rings. The zero-order valence-electron chi connectivity index (χ0n) is 9.92. The summed E-state index contributed by atoms with van der Waals surface area (Å²) in [5, 5.41) is 2.87. The molecule has 0 saturated heterocycles. The van der Waals surface area contributed by atoms with E-state index in [0.29, 0.717) is 0 Å². The van der Waals surface area contributed by atoms with Crippen molar-refractivity contribution in [2.45, 2.75) is 33.6 Å². The summed E-state index contributed by atoms with van der Waals surface area (Å²) in [5.41, 5.74) is 0.792. The summed E-state index contributed by atoms with van der Waals surface area (Å²) in [4.78, 5) is 11.7. The number of nitrogens with one attached hydrogen (secondary N) is 1. The molecule has 1 unspecified atom stereocenters. The molecule has 0 aliphatic heterocycles. The second-order valence-electron chi connectivity index (χ2n) is 3.54. The summed E-state index contributed by atoms with van der Waals surface area (Å²) in [5.74, 6) is 0.136. The van der Waals surface area contributed by atoms with Crippen LogP contribution in [0.3, 0.4) is 0 Å². The molecule has 0 heterocycles. The lowest BCUT2D eigenvalue weighted by Crippen LogP contribution is -2.27. The molecule has 0 rings (SSSR count). The number of carbonyl (C=O) groups excluding carboxylic acids is 1. The minimum Gasteiger partial charge on any atom is -0.326 e. The molecule has 84 valence electrons. The highest BCUT2D eigenvalue weighted by Crippen LogP contribution is 2.06. The molecule has 0 fully saturated rings. The van der Waals surface area contributed by atoms with Crippen LogP contribution in [0.15, 0.2) is 36.6 Å². The van der Waals surface area contributed by atoms with Gasteiger partial charge in [-0.25, -0.2) is 0 Å². The lowest BCUT2D eigenvalue weighted by molar-refractivity contribution is -0.123. The number of rotatable bonds is 6. The van der Waals surface area contributed by atoms with Crippen molar-refractivity contribution in [1.82, 2.24) is 5.32 Å². The van der Waals surface area contributed by atoms with Gasteiger partial charge in [0.15, 0.2) is 0 Å². The number of carbonyl (C=O) groups is 1. The lowest BCUT2D eigenvalue weighted by atomic mass is 10.1. The Bertz CT molecular complexity index is 264. The van der Waals surface area contributed by atoms with Crippen molar-refractivity contribution in [2.24, 2.45) is 5.92 Å². The normalized spacial score (nSPS) is 13.9. The first-order chi connectivity index (χ1) is 7.15. The Morgan fingerprint density at radius 2 is 2.20 bits per heavy atom. The van der Waals surface area contributed by atoms with Crippen LogP contribution >= 0.6 is 0 Å². The van der Waals surface area contributed by atoms with Crippen LogP contribution in [0.4, 0.5) is 0 Å². The average Bonchev–Trinajstić information content (AvgIpc) is 2.18. The van der Waals surface area contributed by atoms with E-state index in [0.717, 1.165) is 18.5 Å². The fraction of sp³-hybridized carbons (Fsp3) is 0.462. The van der Waals surface area contributed by atoms with Crippen LogP contribution in [0, 0.1) is 5.92 Å². The van der Waals surface area contributed by atoms with Gasteiger partial charge < -0.3 is 5.32 Å². The van der Waals surface area contributed by atoms with Gasteiger partial charge >= 0.3 is 0 Å². The van der Waals surface area contributed by atoms with E-state index < -0.39 is 0 Å². The average molecular weight is 207 g/mol. The van der Waals surface area contributed by atoms with Gasteiger partial charge in [0.25, 0.3) is 0 Å². The number of allylic oxidation sites excluding steroid dienone is 4. The predicted octanol–water partition coefficient (Wildman–Crippen LogP) is 3.18. The molecule has 15 heavy (non-hydrogen) atoms. The summed E-state index contributed by atoms with van der Waals surface area (Å²) in [6.07, 6.45) is 9.15. The van der Waals surface area contributed by atoms with Crippen molar-refractivity contribution in [3.05, 3.63) is 36.6 Å². The van der Waals surface area contributed by atoms with Gasteiger partial charge in [-0.2, -0.15) is 0 Å². The van der Waals surface area contributed by atoms with Gasteiger partial charge in [0.05, 0.1) is 0 Å². The molecule has 0 aromatic carbocycles. The Kier molecular flexibility index (Phi) is 7.33. The molecule has 0 aromatic heterocycles. The maximum absolute atomic E-state index is 11.7. The molecule has 1 N–H and O–H groups in total. The molecule has 2 heteroatoms. The summed E-state index contributed by atoms with van der Waals surface area (Å²) in [6.45, 7) is 9.55. The van der Waals surface area contributed by atoms with Gasteiger partial charge in [-0.15, -0.1) is 0 Å². The standard InChI is InChI=1S/C13H21NO/c1-5-8-11(4)13(15)14-12(9-6-2)10-7-3/h6-7,9-11H,2,5,8H2,1,3-4H3,(H,14,15)/b10-7-,12-9+. The largest absolute Gasteiger partial charge is 0.326 e. The van der Waals surface area contributed by atoms with E-state index in [2.05, 4.69) is 18.8 Å². The zero-order valence-corrected chi connectivity index (χ0v) is 9.92. The van der Waals surface area contributed by atoms with Gasteiger partial charge in [0.2, 0.25) is 5.91 Å². The number of hydrogen-bond donors (Lipinski definition) is 1.